The fourth-order valence-electron chi connectivity index (χ4n) is 5.13. The van der Waals surface area contributed by atoms with Crippen molar-refractivity contribution in [1.29, 1.82) is 0 Å². The van der Waals surface area contributed by atoms with Gasteiger partial charge in [-0.25, -0.2) is 13.8 Å². The van der Waals surface area contributed by atoms with Gasteiger partial charge in [0.2, 0.25) is 0 Å². The predicted molar refractivity (Wildman–Crippen MR) is 140 cm³/mol. The van der Waals surface area contributed by atoms with Crippen LogP contribution in [-0.4, -0.2) is 43.5 Å². The summed E-state index contributed by atoms with van der Waals surface area (Å²) in [6.45, 7) is 2.79. The molecule has 2 atom stereocenters. The van der Waals surface area contributed by atoms with Crippen molar-refractivity contribution in [1.82, 2.24) is 4.90 Å². The number of halogens is 2. The molecule has 1 saturated heterocycles. The van der Waals surface area contributed by atoms with E-state index in [-0.39, 0.29) is 11.6 Å². The van der Waals surface area contributed by atoms with E-state index in [0.717, 1.165) is 60.1 Å². The zero-order valence-electron chi connectivity index (χ0n) is 19.5. The van der Waals surface area contributed by atoms with Gasteiger partial charge in [-0.3, -0.25) is 0 Å². The van der Waals surface area contributed by atoms with Crippen LogP contribution in [-0.2, 0) is 6.42 Å². The van der Waals surface area contributed by atoms with Crippen molar-refractivity contribution in [3.8, 4) is 0 Å². The van der Waals surface area contributed by atoms with Crippen LogP contribution in [0.4, 0.5) is 25.2 Å². The third-order valence-corrected chi connectivity index (χ3v) is 8.25. The standard InChI is InChI=1S/C28H26F2N4S/c1-33-14-15-34(17-21(33)12-8-18-6-9-19(29)10-7-18)27-26-22-4-2-3-5-25(22)35-28(26)32-24-16-20(30)11-13-23(24)31-27/h2-7,9-11,13,16,21,32H,8,12,14-15,17H2,1H3/p+1. The molecule has 3 heterocycles. The van der Waals surface area contributed by atoms with Gasteiger partial charge in [-0.2, -0.15) is 0 Å². The fraction of sp³-hybridized carbons (Fsp3) is 0.250. The number of thiophene rings is 1. The van der Waals surface area contributed by atoms with Crippen molar-refractivity contribution in [2.24, 2.45) is 4.99 Å². The highest BCUT2D eigenvalue weighted by Crippen LogP contribution is 2.43. The van der Waals surface area contributed by atoms with Crippen LogP contribution in [0, 0.1) is 11.6 Å². The predicted octanol–water partition coefficient (Wildman–Crippen LogP) is 5.15. The van der Waals surface area contributed by atoms with Crippen LogP contribution in [0.3, 0.4) is 0 Å². The molecule has 2 aliphatic rings. The number of hydrogen-bond acceptors (Lipinski definition) is 4. The summed E-state index contributed by atoms with van der Waals surface area (Å²) in [5.41, 5.74) is 3.71. The zero-order valence-corrected chi connectivity index (χ0v) is 20.3. The number of aryl methyl sites for hydroxylation is 1. The molecule has 4 nitrogen and oxygen atoms in total. The Bertz CT molecular complexity index is 1410. The highest BCUT2D eigenvalue weighted by molar-refractivity contribution is 7.23. The van der Waals surface area contributed by atoms with E-state index in [9.17, 15) is 8.78 Å². The molecule has 0 aliphatic carbocycles. The number of benzene rings is 3. The molecule has 0 bridgehead atoms. The van der Waals surface area contributed by atoms with Crippen molar-refractivity contribution in [2.75, 3.05) is 32.0 Å². The lowest BCUT2D eigenvalue weighted by atomic mass is 10.0. The number of amidine groups is 1. The van der Waals surface area contributed by atoms with Crippen molar-refractivity contribution in [3.63, 3.8) is 0 Å². The second-order valence-electron chi connectivity index (χ2n) is 9.43. The largest absolute Gasteiger partial charge is 0.345 e. The van der Waals surface area contributed by atoms with Crippen molar-refractivity contribution in [3.05, 3.63) is 89.5 Å². The number of nitrogens with one attached hydrogen (secondary N) is 2. The van der Waals surface area contributed by atoms with E-state index in [1.54, 1.807) is 17.4 Å². The van der Waals surface area contributed by atoms with Crippen molar-refractivity contribution in [2.45, 2.75) is 18.9 Å². The average Bonchev–Trinajstić information content (AvgIpc) is 3.14. The summed E-state index contributed by atoms with van der Waals surface area (Å²) in [6.07, 6.45) is 1.93. The minimum absolute atomic E-state index is 0.195. The first kappa shape index (κ1) is 22.2. The van der Waals surface area contributed by atoms with E-state index in [1.165, 1.54) is 39.3 Å². The molecular weight excluding hydrogens is 462 g/mol. The Balaban J connectivity index is 1.35. The van der Waals surface area contributed by atoms with Crippen LogP contribution in [0.25, 0.3) is 10.1 Å². The number of fused-ring (bicyclic) bond motifs is 4. The molecule has 6 rings (SSSR count). The Morgan fingerprint density at radius 3 is 2.71 bits per heavy atom. The summed E-state index contributed by atoms with van der Waals surface area (Å²) < 4.78 is 28.6. The topological polar surface area (TPSA) is 32.1 Å². The number of rotatable bonds is 3. The number of likely N-dealkylation sites (N-methyl/N-ethyl adjacent to an activating group) is 1. The summed E-state index contributed by atoms with van der Waals surface area (Å²) in [4.78, 5) is 9.04. The Hall–Kier alpha value is -3.29. The SMILES string of the molecule is C[NH+]1CCN(C2=Nc3ccc(F)cc3Nc3sc4ccccc4c32)CC1CCc1ccc(F)cc1. The number of quaternary nitrogens is 1. The number of anilines is 2. The van der Waals surface area contributed by atoms with Gasteiger partial charge in [0.05, 0.1) is 43.6 Å². The number of nitrogens with zero attached hydrogens (tertiary/aromatic N) is 2. The summed E-state index contributed by atoms with van der Waals surface area (Å²) in [5.74, 6) is 0.482. The second kappa shape index (κ2) is 9.06. The first-order valence-electron chi connectivity index (χ1n) is 12.0. The highest BCUT2D eigenvalue weighted by Gasteiger charge is 2.33. The highest BCUT2D eigenvalue weighted by atomic mass is 32.1. The van der Waals surface area contributed by atoms with Gasteiger partial charge in [0.25, 0.3) is 0 Å². The first-order chi connectivity index (χ1) is 17.0. The van der Waals surface area contributed by atoms with E-state index in [2.05, 4.69) is 35.5 Å². The van der Waals surface area contributed by atoms with Gasteiger partial charge in [-0.05, 0) is 48.4 Å². The van der Waals surface area contributed by atoms with E-state index < -0.39 is 0 Å². The van der Waals surface area contributed by atoms with Gasteiger partial charge in [-0.15, -0.1) is 11.3 Å². The van der Waals surface area contributed by atoms with E-state index in [0.29, 0.717) is 11.7 Å². The Morgan fingerprint density at radius 1 is 1.06 bits per heavy atom. The quantitative estimate of drug-likeness (QED) is 0.417. The zero-order chi connectivity index (χ0) is 23.9. The lowest BCUT2D eigenvalue weighted by molar-refractivity contribution is -0.910. The van der Waals surface area contributed by atoms with Crippen LogP contribution >= 0.6 is 11.3 Å². The van der Waals surface area contributed by atoms with Crippen molar-refractivity contribution < 1.29 is 13.7 Å². The molecule has 7 heteroatoms. The molecule has 0 spiro atoms. The monoisotopic (exact) mass is 489 g/mol. The maximum absolute atomic E-state index is 14.1. The Kier molecular flexibility index (Phi) is 5.74. The van der Waals surface area contributed by atoms with Gasteiger partial charge in [0.1, 0.15) is 28.5 Å². The summed E-state index contributed by atoms with van der Waals surface area (Å²) >= 11 is 1.68. The van der Waals surface area contributed by atoms with E-state index >= 15 is 0 Å². The molecule has 1 fully saturated rings. The number of hydrogen-bond donors (Lipinski definition) is 2. The second-order valence-corrected chi connectivity index (χ2v) is 10.5. The molecule has 0 amide bonds. The summed E-state index contributed by atoms with van der Waals surface area (Å²) in [5, 5.41) is 5.65. The average molecular weight is 490 g/mol. The summed E-state index contributed by atoms with van der Waals surface area (Å²) in [6, 6.07) is 20.4. The maximum Gasteiger partial charge on any atom is 0.140 e. The minimum Gasteiger partial charge on any atom is -0.345 e. The molecule has 1 aromatic heterocycles. The smallest absolute Gasteiger partial charge is 0.140 e. The van der Waals surface area contributed by atoms with Crippen LogP contribution in [0.2, 0.25) is 0 Å². The van der Waals surface area contributed by atoms with Crippen LogP contribution in [0.1, 0.15) is 17.5 Å². The van der Waals surface area contributed by atoms with Gasteiger partial charge in [0.15, 0.2) is 0 Å². The Morgan fingerprint density at radius 2 is 1.86 bits per heavy atom. The van der Waals surface area contributed by atoms with Crippen LogP contribution in [0.5, 0.6) is 0 Å². The van der Waals surface area contributed by atoms with E-state index in [4.69, 9.17) is 4.99 Å². The molecule has 35 heavy (non-hydrogen) atoms. The molecular formula is C28H27F2N4S+. The van der Waals surface area contributed by atoms with Crippen LogP contribution in [0.15, 0.2) is 71.7 Å². The molecule has 0 saturated carbocycles. The van der Waals surface area contributed by atoms with Crippen molar-refractivity contribution >= 4 is 43.6 Å². The van der Waals surface area contributed by atoms with Gasteiger partial charge in [0, 0.05) is 16.5 Å². The lowest BCUT2D eigenvalue weighted by Gasteiger charge is -2.38. The molecule has 4 aromatic rings. The third kappa shape index (κ3) is 4.30. The molecule has 2 unspecified atom stereocenters. The van der Waals surface area contributed by atoms with Crippen LogP contribution < -0.4 is 10.2 Å². The van der Waals surface area contributed by atoms with E-state index in [1.807, 2.05) is 18.2 Å². The Labute approximate surface area is 207 Å². The van der Waals surface area contributed by atoms with Gasteiger partial charge >= 0.3 is 0 Å². The summed E-state index contributed by atoms with van der Waals surface area (Å²) in [7, 11) is 2.26. The minimum atomic E-state index is -0.276. The fourth-order valence-corrected chi connectivity index (χ4v) is 6.24. The molecule has 0 radical (unpaired) electrons. The lowest BCUT2D eigenvalue weighted by Crippen LogP contribution is -3.16. The maximum atomic E-state index is 14.1. The molecule has 178 valence electrons. The number of piperazine rings is 1. The molecule has 3 aromatic carbocycles. The molecule has 2 N–H and O–H groups in total. The number of aliphatic imine (C=N–C) groups is 1. The normalized spacial score (nSPS) is 19.5. The molecule has 2 aliphatic heterocycles. The van der Waals surface area contributed by atoms with Gasteiger partial charge < -0.3 is 15.1 Å². The third-order valence-electron chi connectivity index (χ3n) is 7.16. The van der Waals surface area contributed by atoms with Gasteiger partial charge in [-0.1, -0.05) is 30.3 Å². The first-order valence-corrected chi connectivity index (χ1v) is 12.9.